The molecule has 0 aliphatic heterocycles. The molecule has 4 rings (SSSR count). The molecule has 0 aliphatic rings. The third-order valence-electron chi connectivity index (χ3n) is 7.07. The molecule has 0 spiro atoms. The summed E-state index contributed by atoms with van der Waals surface area (Å²) < 4.78 is 18.1. The molecule has 1 heterocycles. The second kappa shape index (κ2) is 13.6. The Morgan fingerprint density at radius 1 is 0.929 bits per heavy atom. The number of benzene rings is 3. The molecule has 3 aromatic carbocycles. The van der Waals surface area contributed by atoms with Gasteiger partial charge in [0.05, 0.1) is 24.8 Å². The van der Waals surface area contributed by atoms with Gasteiger partial charge in [0.2, 0.25) is 0 Å². The van der Waals surface area contributed by atoms with Crippen LogP contribution in [-0.4, -0.2) is 46.2 Å². The first kappa shape index (κ1) is 29.9. The number of aliphatic carboxylic acids is 1. The normalized spacial score (nSPS) is 13.8. The minimum Gasteiger partial charge on any atom is -0.484 e. The van der Waals surface area contributed by atoms with Crippen LogP contribution in [0.2, 0.25) is 0 Å². The van der Waals surface area contributed by atoms with Crippen LogP contribution in [0.25, 0.3) is 11.3 Å². The van der Waals surface area contributed by atoms with Crippen molar-refractivity contribution in [3.63, 3.8) is 0 Å². The Hall–Kier alpha value is -5.03. The largest absolute Gasteiger partial charge is 0.484 e. The Kier molecular flexibility index (Phi) is 9.66. The maximum absolute atomic E-state index is 14.0. The number of hydrogen-bond acceptors (Lipinski definition) is 6. The molecule has 1 aromatic heterocycles. The second-order valence-corrected chi connectivity index (χ2v) is 10.2. The zero-order chi connectivity index (χ0) is 30.1. The monoisotopic (exact) mass is 566 g/mol. The quantitative estimate of drug-likeness (QED) is 0.192. The van der Waals surface area contributed by atoms with Crippen molar-refractivity contribution in [2.45, 2.75) is 44.9 Å². The average Bonchev–Trinajstić information content (AvgIpc) is 3.55. The smallest absolute Gasteiger partial charge is 0.354 e. The Bertz CT molecular complexity index is 1480. The lowest BCUT2D eigenvalue weighted by molar-refractivity contribution is -0.169. The van der Waals surface area contributed by atoms with Crippen LogP contribution in [0, 0.1) is 17.2 Å². The van der Waals surface area contributed by atoms with Crippen LogP contribution in [0.1, 0.15) is 37.6 Å². The van der Waals surface area contributed by atoms with Crippen molar-refractivity contribution < 1.29 is 28.6 Å². The number of furan rings is 1. The van der Waals surface area contributed by atoms with E-state index in [0.717, 1.165) is 5.56 Å². The van der Waals surface area contributed by atoms with Crippen LogP contribution < -0.4 is 9.47 Å². The number of nitriles is 1. The molecule has 0 saturated heterocycles. The molecule has 0 fully saturated rings. The van der Waals surface area contributed by atoms with Crippen molar-refractivity contribution in [1.29, 1.82) is 5.26 Å². The van der Waals surface area contributed by atoms with Gasteiger partial charge in [-0.15, -0.1) is 0 Å². The number of ether oxygens (including phenoxy) is 2. The predicted molar refractivity (Wildman–Crippen MR) is 158 cm³/mol. The molecule has 4 aromatic rings. The molecule has 3 unspecified atom stereocenters. The van der Waals surface area contributed by atoms with Gasteiger partial charge in [-0.2, -0.15) is 5.26 Å². The van der Waals surface area contributed by atoms with Crippen LogP contribution >= 0.6 is 0 Å². The molecule has 0 saturated carbocycles. The molecular weight excluding hydrogens is 532 g/mol. The highest BCUT2D eigenvalue weighted by Gasteiger charge is 2.56. The molecule has 216 valence electrons. The fourth-order valence-corrected chi connectivity index (χ4v) is 4.76. The van der Waals surface area contributed by atoms with E-state index in [4.69, 9.17) is 13.9 Å². The van der Waals surface area contributed by atoms with Gasteiger partial charge in [-0.1, -0.05) is 55.5 Å². The first-order chi connectivity index (χ1) is 20.3. The lowest BCUT2D eigenvalue weighted by Gasteiger charge is -2.42. The number of carboxylic acid groups (broad SMARTS) is 1. The topological polar surface area (TPSA) is 113 Å². The summed E-state index contributed by atoms with van der Waals surface area (Å²) in [4.78, 5) is 28.8. The summed E-state index contributed by atoms with van der Waals surface area (Å²) in [5.74, 6) is -1.29. The van der Waals surface area contributed by atoms with Gasteiger partial charge in [-0.25, -0.2) is 4.79 Å². The van der Waals surface area contributed by atoms with E-state index in [9.17, 15) is 20.0 Å². The third kappa shape index (κ3) is 6.64. The minimum absolute atomic E-state index is 0.272. The van der Waals surface area contributed by atoms with E-state index >= 15 is 0 Å². The third-order valence-corrected chi connectivity index (χ3v) is 7.07. The number of rotatable bonds is 13. The van der Waals surface area contributed by atoms with Crippen LogP contribution in [-0.2, 0) is 4.79 Å². The van der Waals surface area contributed by atoms with E-state index < -0.39 is 29.6 Å². The zero-order valence-corrected chi connectivity index (χ0v) is 23.8. The first-order valence-corrected chi connectivity index (χ1v) is 13.8. The maximum atomic E-state index is 14.0. The predicted octanol–water partition coefficient (Wildman–Crippen LogP) is 6.70. The van der Waals surface area contributed by atoms with Crippen LogP contribution in [0.15, 0.2) is 108 Å². The Labute approximate surface area is 245 Å². The summed E-state index contributed by atoms with van der Waals surface area (Å²) in [6.45, 7) is 5.01. The molecule has 8 nitrogen and oxygen atoms in total. The Balaban J connectivity index is 1.80. The highest BCUT2D eigenvalue weighted by atomic mass is 16.6. The number of carbonyl (C=O) groups is 2. The van der Waals surface area contributed by atoms with E-state index in [1.54, 1.807) is 112 Å². The summed E-state index contributed by atoms with van der Waals surface area (Å²) in [5.41, 5.74) is -0.983. The SMILES string of the molecule is CCC(C#N)C(Oc1ccccc1)C(CN(C(=O)c1ccc(-c2ccco2)cc1)C(C)C)(Oc1ccccc1)C(=O)O. The van der Waals surface area contributed by atoms with Gasteiger partial charge in [-0.05, 0) is 68.8 Å². The number of carbonyl (C=O) groups excluding carboxylic acids is 1. The Morgan fingerprint density at radius 3 is 2.05 bits per heavy atom. The number of carboxylic acids is 1. The van der Waals surface area contributed by atoms with Gasteiger partial charge in [0, 0.05) is 17.2 Å². The van der Waals surface area contributed by atoms with Crippen LogP contribution in [0.3, 0.4) is 0 Å². The van der Waals surface area contributed by atoms with E-state index in [-0.39, 0.29) is 18.2 Å². The van der Waals surface area contributed by atoms with Crippen molar-refractivity contribution in [2.75, 3.05) is 6.54 Å². The van der Waals surface area contributed by atoms with Crippen molar-refractivity contribution in [2.24, 2.45) is 5.92 Å². The summed E-state index contributed by atoms with van der Waals surface area (Å²) in [5, 5.41) is 21.1. The fourth-order valence-electron chi connectivity index (χ4n) is 4.76. The van der Waals surface area contributed by atoms with Gasteiger partial charge < -0.3 is 23.9 Å². The van der Waals surface area contributed by atoms with E-state index in [2.05, 4.69) is 6.07 Å². The molecule has 8 heteroatoms. The lowest BCUT2D eigenvalue weighted by atomic mass is 9.84. The Morgan fingerprint density at radius 2 is 1.55 bits per heavy atom. The van der Waals surface area contributed by atoms with Crippen molar-refractivity contribution in [3.8, 4) is 28.9 Å². The molecule has 1 amide bonds. The van der Waals surface area contributed by atoms with Gasteiger partial charge in [-0.3, -0.25) is 4.79 Å². The highest BCUT2D eigenvalue weighted by molar-refractivity contribution is 5.95. The van der Waals surface area contributed by atoms with E-state index in [1.165, 1.54) is 4.90 Å². The molecule has 1 N–H and O–H groups in total. The molecule has 0 radical (unpaired) electrons. The van der Waals surface area contributed by atoms with E-state index in [0.29, 0.717) is 23.5 Å². The standard InChI is InChI=1S/C34H34N2O6/c1-4-25(22-35)31(41-28-12-7-5-8-13-28)34(33(38)39,42-29-14-9-6-10-15-29)23-36(24(2)3)32(37)27-19-17-26(18-20-27)30-16-11-21-40-30/h5-21,24-25,31H,4,23H2,1-3H3,(H,38,39). The van der Waals surface area contributed by atoms with Gasteiger partial charge in [0.15, 0.2) is 6.10 Å². The number of amides is 1. The highest BCUT2D eigenvalue weighted by Crippen LogP contribution is 2.33. The van der Waals surface area contributed by atoms with Gasteiger partial charge in [0.1, 0.15) is 17.3 Å². The lowest BCUT2D eigenvalue weighted by Crippen LogP contribution is -2.66. The number of para-hydroxylation sites is 2. The van der Waals surface area contributed by atoms with E-state index in [1.807, 2.05) is 12.1 Å². The number of nitrogens with zero attached hydrogens (tertiary/aromatic N) is 2. The summed E-state index contributed by atoms with van der Waals surface area (Å²) in [7, 11) is 0. The summed E-state index contributed by atoms with van der Waals surface area (Å²) in [6, 6.07) is 29.6. The molecule has 3 atom stereocenters. The summed E-state index contributed by atoms with van der Waals surface area (Å²) in [6.07, 6.45) is 0.597. The average molecular weight is 567 g/mol. The van der Waals surface area contributed by atoms with Crippen molar-refractivity contribution in [3.05, 3.63) is 109 Å². The fraction of sp³-hybridized carbons (Fsp3) is 0.265. The van der Waals surface area contributed by atoms with Crippen molar-refractivity contribution in [1.82, 2.24) is 4.90 Å². The molecule has 0 bridgehead atoms. The zero-order valence-electron chi connectivity index (χ0n) is 23.8. The second-order valence-electron chi connectivity index (χ2n) is 10.2. The molecular formula is C34H34N2O6. The molecule has 0 aliphatic carbocycles. The minimum atomic E-state index is -2.15. The number of hydrogen-bond donors (Lipinski definition) is 1. The van der Waals surface area contributed by atoms with Crippen molar-refractivity contribution >= 4 is 11.9 Å². The molecule has 42 heavy (non-hydrogen) atoms. The van der Waals surface area contributed by atoms with Crippen LogP contribution in [0.5, 0.6) is 11.5 Å². The maximum Gasteiger partial charge on any atom is 0.354 e. The van der Waals surface area contributed by atoms with Crippen LogP contribution in [0.4, 0.5) is 0 Å². The van der Waals surface area contributed by atoms with Gasteiger partial charge >= 0.3 is 5.97 Å². The first-order valence-electron chi connectivity index (χ1n) is 13.8. The summed E-state index contributed by atoms with van der Waals surface area (Å²) >= 11 is 0. The van der Waals surface area contributed by atoms with Gasteiger partial charge in [0.25, 0.3) is 11.5 Å².